The van der Waals surface area contributed by atoms with Crippen LogP contribution < -0.4 is 0 Å². The zero-order valence-corrected chi connectivity index (χ0v) is 10.7. The van der Waals surface area contributed by atoms with Crippen LogP contribution in [0.15, 0.2) is 28.7 Å². The summed E-state index contributed by atoms with van der Waals surface area (Å²) in [6.07, 6.45) is 0.500. The molecule has 19 heavy (non-hydrogen) atoms. The van der Waals surface area contributed by atoms with E-state index in [-0.39, 0.29) is 17.6 Å². The van der Waals surface area contributed by atoms with Gasteiger partial charge in [0.15, 0.2) is 0 Å². The lowest BCUT2D eigenvalue weighted by Crippen LogP contribution is -2.03. The Hall–Kier alpha value is -2.17. The third-order valence-electron chi connectivity index (χ3n) is 2.56. The van der Waals surface area contributed by atoms with E-state index in [2.05, 4.69) is 4.98 Å². The topological polar surface area (TPSA) is 63.3 Å². The molecule has 0 aliphatic heterocycles. The summed E-state index contributed by atoms with van der Waals surface area (Å²) in [6.45, 7) is 3.92. The second-order valence-corrected chi connectivity index (χ2v) is 4.71. The first-order valence-electron chi connectivity index (χ1n) is 5.96. The van der Waals surface area contributed by atoms with Gasteiger partial charge in [0.1, 0.15) is 5.82 Å². The third kappa shape index (κ3) is 2.99. The number of benzene rings is 1. The van der Waals surface area contributed by atoms with Crippen LogP contribution in [0.3, 0.4) is 0 Å². The Balaban J connectivity index is 2.45. The van der Waals surface area contributed by atoms with Gasteiger partial charge in [-0.3, -0.25) is 0 Å². The van der Waals surface area contributed by atoms with E-state index < -0.39 is 11.8 Å². The first kappa shape index (κ1) is 13.3. The van der Waals surface area contributed by atoms with Crippen LogP contribution in [-0.2, 0) is 6.42 Å². The number of hydrogen-bond donors (Lipinski definition) is 1. The Morgan fingerprint density at radius 2 is 2.21 bits per heavy atom. The van der Waals surface area contributed by atoms with Crippen LogP contribution in [0, 0.1) is 11.7 Å². The maximum atomic E-state index is 13.1. The van der Waals surface area contributed by atoms with Gasteiger partial charge in [0.25, 0.3) is 0 Å². The zero-order valence-electron chi connectivity index (χ0n) is 10.7. The van der Waals surface area contributed by atoms with Crippen molar-refractivity contribution in [2.45, 2.75) is 20.3 Å². The fraction of sp³-hybridized carbons (Fsp3) is 0.286. The highest BCUT2D eigenvalue weighted by Gasteiger charge is 2.21. The number of hydrogen-bond acceptors (Lipinski definition) is 3. The van der Waals surface area contributed by atoms with E-state index in [0.29, 0.717) is 17.7 Å². The lowest BCUT2D eigenvalue weighted by atomic mass is 10.1. The molecule has 1 heterocycles. The van der Waals surface area contributed by atoms with E-state index >= 15 is 0 Å². The highest BCUT2D eigenvalue weighted by molar-refractivity contribution is 5.86. The SMILES string of the molecule is CC(C)Cc1nc(-c2cccc(F)c2)oc1C(=O)O. The van der Waals surface area contributed by atoms with Gasteiger partial charge in [0.05, 0.1) is 5.69 Å². The van der Waals surface area contributed by atoms with E-state index in [0.717, 1.165) is 0 Å². The van der Waals surface area contributed by atoms with Crippen molar-refractivity contribution in [3.8, 4) is 11.5 Å². The van der Waals surface area contributed by atoms with Crippen LogP contribution in [0.5, 0.6) is 0 Å². The van der Waals surface area contributed by atoms with Crippen molar-refractivity contribution in [1.82, 2.24) is 4.98 Å². The summed E-state index contributed by atoms with van der Waals surface area (Å²) in [5.74, 6) is -1.37. The van der Waals surface area contributed by atoms with Gasteiger partial charge in [-0.25, -0.2) is 14.2 Å². The van der Waals surface area contributed by atoms with Crippen molar-refractivity contribution in [3.63, 3.8) is 0 Å². The number of oxazole rings is 1. The maximum Gasteiger partial charge on any atom is 0.373 e. The van der Waals surface area contributed by atoms with Gasteiger partial charge in [0.2, 0.25) is 11.7 Å². The van der Waals surface area contributed by atoms with Crippen molar-refractivity contribution < 1.29 is 18.7 Å². The van der Waals surface area contributed by atoms with Crippen LogP contribution in [0.4, 0.5) is 4.39 Å². The molecule has 1 aromatic heterocycles. The fourth-order valence-electron chi connectivity index (χ4n) is 1.79. The van der Waals surface area contributed by atoms with Crippen LogP contribution in [-0.4, -0.2) is 16.1 Å². The first-order valence-corrected chi connectivity index (χ1v) is 5.96. The lowest BCUT2D eigenvalue weighted by molar-refractivity contribution is 0.0661. The van der Waals surface area contributed by atoms with Crippen LogP contribution in [0.2, 0.25) is 0 Å². The molecule has 1 aromatic carbocycles. The minimum Gasteiger partial charge on any atom is -0.475 e. The fourth-order valence-corrected chi connectivity index (χ4v) is 1.79. The second kappa shape index (κ2) is 5.22. The number of carbonyl (C=O) groups is 1. The smallest absolute Gasteiger partial charge is 0.373 e. The Kier molecular flexibility index (Phi) is 3.64. The van der Waals surface area contributed by atoms with E-state index in [1.165, 1.54) is 18.2 Å². The minimum atomic E-state index is -1.16. The van der Waals surface area contributed by atoms with Gasteiger partial charge in [-0.1, -0.05) is 19.9 Å². The number of rotatable bonds is 4. The number of carboxylic acid groups (broad SMARTS) is 1. The van der Waals surface area contributed by atoms with E-state index in [9.17, 15) is 9.18 Å². The summed E-state index contributed by atoms with van der Waals surface area (Å²) < 4.78 is 18.4. The average Bonchev–Trinajstić information content (AvgIpc) is 2.72. The van der Waals surface area contributed by atoms with Crippen molar-refractivity contribution in [3.05, 3.63) is 41.5 Å². The Morgan fingerprint density at radius 1 is 1.47 bits per heavy atom. The normalized spacial score (nSPS) is 10.9. The Bertz CT molecular complexity index is 604. The summed E-state index contributed by atoms with van der Waals surface area (Å²) in [4.78, 5) is 15.3. The molecule has 5 heteroatoms. The van der Waals surface area contributed by atoms with E-state index in [1.807, 2.05) is 13.8 Å². The van der Waals surface area contributed by atoms with Gasteiger partial charge in [-0.15, -0.1) is 0 Å². The largest absolute Gasteiger partial charge is 0.475 e. The summed E-state index contributed by atoms with van der Waals surface area (Å²) in [5.41, 5.74) is 0.819. The molecule has 0 atom stereocenters. The summed E-state index contributed by atoms with van der Waals surface area (Å²) in [6, 6.07) is 5.72. The standard InChI is InChI=1S/C14H14FNO3/c1-8(2)6-11-12(14(17)18)19-13(16-11)9-4-3-5-10(15)7-9/h3-5,7-8H,6H2,1-2H3,(H,17,18). The summed E-state index contributed by atoms with van der Waals surface area (Å²) in [5, 5.41) is 9.09. The predicted molar refractivity (Wildman–Crippen MR) is 67.4 cm³/mol. The number of carboxylic acids is 1. The molecule has 0 radical (unpaired) electrons. The molecule has 0 unspecified atom stereocenters. The highest BCUT2D eigenvalue weighted by Crippen LogP contribution is 2.24. The van der Waals surface area contributed by atoms with Gasteiger partial charge in [-0.05, 0) is 30.5 Å². The first-order chi connectivity index (χ1) is 8.97. The summed E-state index contributed by atoms with van der Waals surface area (Å²) >= 11 is 0. The molecular formula is C14H14FNO3. The molecular weight excluding hydrogens is 249 g/mol. The highest BCUT2D eigenvalue weighted by atomic mass is 19.1. The summed E-state index contributed by atoms with van der Waals surface area (Å²) in [7, 11) is 0. The van der Waals surface area contributed by atoms with Crippen molar-refractivity contribution in [2.24, 2.45) is 5.92 Å². The zero-order chi connectivity index (χ0) is 14.0. The van der Waals surface area contributed by atoms with Crippen molar-refractivity contribution in [2.75, 3.05) is 0 Å². The number of aromatic nitrogens is 1. The third-order valence-corrected chi connectivity index (χ3v) is 2.56. The van der Waals surface area contributed by atoms with Gasteiger partial charge in [0, 0.05) is 5.56 Å². The molecule has 0 aliphatic carbocycles. The molecule has 0 amide bonds. The van der Waals surface area contributed by atoms with Gasteiger partial charge < -0.3 is 9.52 Å². The Morgan fingerprint density at radius 3 is 2.79 bits per heavy atom. The van der Waals surface area contributed by atoms with Crippen LogP contribution in [0.25, 0.3) is 11.5 Å². The molecule has 4 nitrogen and oxygen atoms in total. The van der Waals surface area contributed by atoms with E-state index in [4.69, 9.17) is 9.52 Å². The average molecular weight is 263 g/mol. The molecule has 2 rings (SSSR count). The molecule has 0 spiro atoms. The molecule has 1 N–H and O–H groups in total. The number of nitrogens with zero attached hydrogens (tertiary/aromatic N) is 1. The predicted octanol–water partition coefficient (Wildman–Crippen LogP) is 3.38. The Labute approximate surface area is 109 Å². The van der Waals surface area contributed by atoms with Crippen molar-refractivity contribution >= 4 is 5.97 Å². The van der Waals surface area contributed by atoms with E-state index in [1.54, 1.807) is 6.07 Å². The second-order valence-electron chi connectivity index (χ2n) is 4.71. The molecule has 0 saturated heterocycles. The molecule has 100 valence electrons. The van der Waals surface area contributed by atoms with Gasteiger partial charge >= 0.3 is 5.97 Å². The quantitative estimate of drug-likeness (QED) is 0.918. The molecule has 2 aromatic rings. The number of halogens is 1. The van der Waals surface area contributed by atoms with Crippen molar-refractivity contribution in [1.29, 1.82) is 0 Å². The molecule has 0 saturated carbocycles. The van der Waals surface area contributed by atoms with Gasteiger partial charge in [-0.2, -0.15) is 0 Å². The minimum absolute atomic E-state index is 0.132. The maximum absolute atomic E-state index is 13.1. The van der Waals surface area contributed by atoms with Crippen LogP contribution in [0.1, 0.15) is 30.1 Å². The molecule has 0 bridgehead atoms. The molecule has 0 aliphatic rings. The monoisotopic (exact) mass is 263 g/mol. The number of aromatic carboxylic acids is 1. The van der Waals surface area contributed by atoms with Crippen LogP contribution >= 0.6 is 0 Å². The molecule has 0 fully saturated rings. The lowest BCUT2D eigenvalue weighted by Gasteiger charge is -2.00.